The number of hydrogen-bond acceptors (Lipinski definition) is 3. The van der Waals surface area contributed by atoms with Gasteiger partial charge in [0.15, 0.2) is 0 Å². The molecule has 3 heteroatoms. The average molecular weight is 253 g/mol. The second-order valence-corrected chi connectivity index (χ2v) is 7.18. The Morgan fingerprint density at radius 2 is 2.00 bits per heavy atom. The van der Waals surface area contributed by atoms with Gasteiger partial charge in [0.25, 0.3) is 0 Å². The van der Waals surface area contributed by atoms with E-state index in [9.17, 15) is 0 Å². The van der Waals surface area contributed by atoms with E-state index in [1.54, 1.807) is 0 Å². The maximum Gasteiger partial charge on any atom is 0.0779 e. The Morgan fingerprint density at radius 1 is 1.17 bits per heavy atom. The van der Waals surface area contributed by atoms with Gasteiger partial charge in [0, 0.05) is 37.1 Å². The van der Waals surface area contributed by atoms with Gasteiger partial charge in [0.05, 0.1) is 11.7 Å². The number of rotatable bonds is 3. The summed E-state index contributed by atoms with van der Waals surface area (Å²) in [5, 5.41) is 3.79. The van der Waals surface area contributed by atoms with Gasteiger partial charge < -0.3 is 14.8 Å². The first-order chi connectivity index (χ1) is 8.53. The van der Waals surface area contributed by atoms with Crippen LogP contribution in [0.5, 0.6) is 0 Å². The van der Waals surface area contributed by atoms with Gasteiger partial charge in [-0.25, -0.2) is 0 Å². The molecule has 0 radical (unpaired) electrons. The van der Waals surface area contributed by atoms with Crippen LogP contribution in [-0.2, 0) is 9.47 Å². The highest BCUT2D eigenvalue weighted by atomic mass is 16.5. The summed E-state index contributed by atoms with van der Waals surface area (Å²) < 4.78 is 11.8. The van der Waals surface area contributed by atoms with Crippen molar-refractivity contribution in [1.82, 2.24) is 5.32 Å². The minimum absolute atomic E-state index is 0.0662. The molecule has 3 aliphatic rings. The summed E-state index contributed by atoms with van der Waals surface area (Å²) in [6.45, 7) is 9.81. The molecule has 2 heterocycles. The predicted molar refractivity (Wildman–Crippen MR) is 71.6 cm³/mol. The zero-order valence-electron chi connectivity index (χ0n) is 12.0. The first-order valence-electron chi connectivity index (χ1n) is 7.52. The highest BCUT2D eigenvalue weighted by Crippen LogP contribution is 2.51. The fourth-order valence-corrected chi connectivity index (χ4v) is 4.24. The third-order valence-corrected chi connectivity index (χ3v) is 5.33. The molecule has 18 heavy (non-hydrogen) atoms. The van der Waals surface area contributed by atoms with Crippen LogP contribution in [0.25, 0.3) is 0 Å². The molecule has 2 saturated heterocycles. The third kappa shape index (κ3) is 2.00. The van der Waals surface area contributed by atoms with E-state index >= 15 is 0 Å². The maximum atomic E-state index is 5.95. The van der Waals surface area contributed by atoms with E-state index in [0.717, 1.165) is 25.7 Å². The first kappa shape index (κ1) is 12.9. The molecule has 0 aromatic carbocycles. The summed E-state index contributed by atoms with van der Waals surface area (Å²) >= 11 is 0. The van der Waals surface area contributed by atoms with E-state index in [-0.39, 0.29) is 11.0 Å². The van der Waals surface area contributed by atoms with Crippen molar-refractivity contribution >= 4 is 0 Å². The van der Waals surface area contributed by atoms with Crippen molar-refractivity contribution in [1.29, 1.82) is 0 Å². The second-order valence-electron chi connectivity index (χ2n) is 7.18. The van der Waals surface area contributed by atoms with E-state index in [2.05, 4.69) is 26.1 Å². The monoisotopic (exact) mass is 253 g/mol. The van der Waals surface area contributed by atoms with Crippen LogP contribution >= 0.6 is 0 Å². The molecular weight excluding hydrogens is 226 g/mol. The van der Waals surface area contributed by atoms with Crippen LogP contribution < -0.4 is 5.32 Å². The van der Waals surface area contributed by atoms with Crippen LogP contribution in [0.15, 0.2) is 0 Å². The molecule has 0 bridgehead atoms. The van der Waals surface area contributed by atoms with Crippen LogP contribution in [-0.4, -0.2) is 37.5 Å². The Labute approximate surface area is 111 Å². The quantitative estimate of drug-likeness (QED) is 0.837. The largest absolute Gasteiger partial charge is 0.377 e. The number of nitrogens with one attached hydrogen (secondary N) is 1. The van der Waals surface area contributed by atoms with Crippen molar-refractivity contribution in [3.05, 3.63) is 0 Å². The van der Waals surface area contributed by atoms with Crippen molar-refractivity contribution in [2.24, 2.45) is 11.3 Å². The van der Waals surface area contributed by atoms with Crippen molar-refractivity contribution < 1.29 is 9.47 Å². The Hall–Kier alpha value is -0.120. The lowest BCUT2D eigenvalue weighted by Gasteiger charge is -2.60. The highest BCUT2D eigenvalue weighted by Gasteiger charge is 2.57. The van der Waals surface area contributed by atoms with Gasteiger partial charge in [-0.1, -0.05) is 13.8 Å². The molecule has 0 aromatic rings. The molecule has 4 unspecified atom stereocenters. The Kier molecular flexibility index (Phi) is 3.20. The summed E-state index contributed by atoms with van der Waals surface area (Å²) in [5.41, 5.74) is 0.344. The van der Waals surface area contributed by atoms with Crippen LogP contribution in [0.2, 0.25) is 0 Å². The van der Waals surface area contributed by atoms with Crippen molar-refractivity contribution in [3.63, 3.8) is 0 Å². The first-order valence-corrected chi connectivity index (χ1v) is 7.52. The van der Waals surface area contributed by atoms with Crippen LogP contribution in [0.4, 0.5) is 0 Å². The molecule has 0 amide bonds. The number of ether oxygens (including phenoxy) is 2. The topological polar surface area (TPSA) is 30.5 Å². The van der Waals surface area contributed by atoms with E-state index in [0.29, 0.717) is 12.1 Å². The molecule has 104 valence electrons. The van der Waals surface area contributed by atoms with E-state index in [1.807, 2.05) is 0 Å². The predicted octanol–water partition coefficient (Wildman–Crippen LogP) is 2.35. The highest BCUT2D eigenvalue weighted by molar-refractivity contribution is 5.10. The van der Waals surface area contributed by atoms with Crippen molar-refractivity contribution in [3.8, 4) is 0 Å². The molecule has 0 aromatic heterocycles. The molecule has 3 rings (SSSR count). The molecular formula is C15H27NO2. The van der Waals surface area contributed by atoms with Crippen molar-refractivity contribution in [2.75, 3.05) is 19.8 Å². The minimum Gasteiger partial charge on any atom is -0.377 e. The Balaban J connectivity index is 1.59. The number of hydrogen-bond donors (Lipinski definition) is 1. The van der Waals surface area contributed by atoms with E-state index < -0.39 is 0 Å². The fourth-order valence-electron chi connectivity index (χ4n) is 4.24. The molecule has 4 atom stereocenters. The molecule has 2 aliphatic heterocycles. The van der Waals surface area contributed by atoms with Crippen molar-refractivity contribution in [2.45, 2.75) is 64.2 Å². The van der Waals surface area contributed by atoms with Gasteiger partial charge >= 0.3 is 0 Å². The van der Waals surface area contributed by atoms with Gasteiger partial charge in [-0.05, 0) is 32.6 Å². The lowest BCUT2D eigenvalue weighted by Crippen LogP contribution is -2.70. The zero-order chi connectivity index (χ0) is 12.8. The lowest BCUT2D eigenvalue weighted by atomic mass is 9.55. The number of fused-ring (bicyclic) bond motifs is 1. The Bertz CT molecular complexity index is 310. The molecule has 1 saturated carbocycles. The SMILES string of the molecule is CC1(CNC2C3CCCOC3C2(C)C)CCCO1. The van der Waals surface area contributed by atoms with Crippen LogP contribution in [0.3, 0.4) is 0 Å². The Morgan fingerprint density at radius 3 is 2.72 bits per heavy atom. The molecule has 3 nitrogen and oxygen atoms in total. The molecule has 1 aliphatic carbocycles. The van der Waals surface area contributed by atoms with Gasteiger partial charge in [-0.15, -0.1) is 0 Å². The summed E-state index contributed by atoms with van der Waals surface area (Å²) in [6.07, 6.45) is 5.42. The maximum absolute atomic E-state index is 5.95. The standard InChI is InChI=1S/C15H27NO2/c1-14(2)12(11-6-4-8-17-13(11)14)16-10-15(3)7-5-9-18-15/h11-13,16H,4-10H2,1-3H3. The smallest absolute Gasteiger partial charge is 0.0779 e. The normalized spacial score (nSPS) is 46.5. The van der Waals surface area contributed by atoms with Crippen LogP contribution in [0.1, 0.15) is 46.5 Å². The summed E-state index contributed by atoms with van der Waals surface area (Å²) in [5.74, 6) is 0.721. The third-order valence-electron chi connectivity index (χ3n) is 5.33. The van der Waals surface area contributed by atoms with Gasteiger partial charge in [0.2, 0.25) is 0 Å². The summed E-state index contributed by atoms with van der Waals surface area (Å²) in [6, 6.07) is 0.601. The molecule has 3 fully saturated rings. The van der Waals surface area contributed by atoms with Gasteiger partial charge in [-0.2, -0.15) is 0 Å². The zero-order valence-corrected chi connectivity index (χ0v) is 12.0. The fraction of sp³-hybridized carbons (Fsp3) is 1.00. The van der Waals surface area contributed by atoms with Gasteiger partial charge in [-0.3, -0.25) is 0 Å². The van der Waals surface area contributed by atoms with Gasteiger partial charge in [0.1, 0.15) is 0 Å². The summed E-state index contributed by atoms with van der Waals surface area (Å²) in [7, 11) is 0. The van der Waals surface area contributed by atoms with E-state index in [4.69, 9.17) is 9.47 Å². The van der Waals surface area contributed by atoms with Crippen LogP contribution in [0, 0.1) is 11.3 Å². The second kappa shape index (κ2) is 4.46. The lowest BCUT2D eigenvalue weighted by molar-refractivity contribution is -0.194. The molecule has 1 N–H and O–H groups in total. The van der Waals surface area contributed by atoms with E-state index in [1.165, 1.54) is 25.7 Å². The summed E-state index contributed by atoms with van der Waals surface area (Å²) in [4.78, 5) is 0. The average Bonchev–Trinajstić information content (AvgIpc) is 2.76. The minimum atomic E-state index is 0.0662. The molecule has 0 spiro atoms.